The summed E-state index contributed by atoms with van der Waals surface area (Å²) in [6.45, 7) is 3.85. The van der Waals surface area contributed by atoms with Crippen molar-refractivity contribution in [2.24, 2.45) is 0 Å². The smallest absolute Gasteiger partial charge is 0.267 e. The number of hydrogen-bond acceptors (Lipinski definition) is 3. The van der Waals surface area contributed by atoms with Crippen molar-refractivity contribution in [2.45, 2.75) is 90.1 Å². The zero-order chi connectivity index (χ0) is 19.9. The molecule has 0 bridgehead atoms. The standard InChI is InChI=1S/C20H43NO4S/c1-5-6-7-8-9-10-11-12-13-14-15-16-17-21(2,3)18-20(25-4)19-26(22,23)24/h20H,5-19H2,1-4H3/p+1. The van der Waals surface area contributed by atoms with Gasteiger partial charge >= 0.3 is 0 Å². The molecule has 0 aliphatic carbocycles. The monoisotopic (exact) mass is 394 g/mol. The average molecular weight is 395 g/mol. The normalized spacial score (nSPS) is 13.9. The van der Waals surface area contributed by atoms with E-state index in [1.165, 1.54) is 77.7 Å². The van der Waals surface area contributed by atoms with Crippen LogP contribution in [-0.4, -0.2) is 63.6 Å². The molecule has 158 valence electrons. The van der Waals surface area contributed by atoms with Crippen LogP contribution in [0.3, 0.4) is 0 Å². The molecule has 26 heavy (non-hydrogen) atoms. The van der Waals surface area contributed by atoms with Crippen LogP contribution in [0.4, 0.5) is 0 Å². The van der Waals surface area contributed by atoms with Crippen LogP contribution >= 0.6 is 0 Å². The number of unbranched alkanes of at least 4 members (excludes halogenated alkanes) is 11. The summed E-state index contributed by atoms with van der Waals surface area (Å²) in [5.41, 5.74) is 0. The predicted molar refractivity (Wildman–Crippen MR) is 110 cm³/mol. The molecule has 0 radical (unpaired) electrons. The average Bonchev–Trinajstić information content (AvgIpc) is 2.53. The Hall–Kier alpha value is -0.170. The van der Waals surface area contributed by atoms with Crippen molar-refractivity contribution in [3.63, 3.8) is 0 Å². The first-order valence-corrected chi connectivity index (χ1v) is 12.1. The Morgan fingerprint density at radius 3 is 1.65 bits per heavy atom. The van der Waals surface area contributed by atoms with Crippen LogP contribution in [-0.2, 0) is 14.9 Å². The molecule has 0 saturated carbocycles. The fourth-order valence-corrected chi connectivity index (χ4v) is 4.16. The SMILES string of the molecule is CCCCCCCCCCCCCC[N+](C)(C)CC(CS(=O)(=O)O)OC. The number of rotatable bonds is 18. The van der Waals surface area contributed by atoms with Crippen LogP contribution in [0.2, 0.25) is 0 Å². The Bertz CT molecular complexity index is 424. The summed E-state index contributed by atoms with van der Waals surface area (Å²) in [6.07, 6.45) is 15.6. The van der Waals surface area contributed by atoms with Gasteiger partial charge in [-0.25, -0.2) is 0 Å². The van der Waals surface area contributed by atoms with Gasteiger partial charge in [-0.15, -0.1) is 0 Å². The lowest BCUT2D eigenvalue weighted by atomic mass is 10.1. The van der Waals surface area contributed by atoms with Gasteiger partial charge in [0.15, 0.2) is 0 Å². The molecule has 0 fully saturated rings. The zero-order valence-corrected chi connectivity index (χ0v) is 18.5. The fourth-order valence-electron chi connectivity index (χ4n) is 3.45. The van der Waals surface area contributed by atoms with Gasteiger partial charge in [-0.2, -0.15) is 8.42 Å². The molecule has 0 aliphatic heterocycles. The molecule has 1 N–H and O–H groups in total. The first-order chi connectivity index (χ1) is 12.2. The lowest BCUT2D eigenvalue weighted by Gasteiger charge is -2.32. The third kappa shape index (κ3) is 17.3. The van der Waals surface area contributed by atoms with Gasteiger partial charge in [0.2, 0.25) is 0 Å². The molecular formula is C20H44NO4S+. The first-order valence-electron chi connectivity index (χ1n) is 10.5. The highest BCUT2D eigenvalue weighted by Crippen LogP contribution is 2.13. The maximum absolute atomic E-state index is 11.0. The lowest BCUT2D eigenvalue weighted by Crippen LogP contribution is -2.48. The van der Waals surface area contributed by atoms with E-state index in [1.54, 1.807) is 0 Å². The van der Waals surface area contributed by atoms with Crippen molar-refractivity contribution in [3.8, 4) is 0 Å². The minimum absolute atomic E-state index is 0.330. The molecule has 0 spiro atoms. The summed E-state index contributed by atoms with van der Waals surface area (Å²) in [4.78, 5) is 0. The van der Waals surface area contributed by atoms with Crippen molar-refractivity contribution in [2.75, 3.05) is 40.0 Å². The van der Waals surface area contributed by atoms with Gasteiger partial charge in [0.25, 0.3) is 10.1 Å². The summed E-state index contributed by atoms with van der Waals surface area (Å²) in [6, 6.07) is 0. The number of likely N-dealkylation sites (N-methyl/N-ethyl adjacent to an activating group) is 1. The largest absolute Gasteiger partial charge is 0.374 e. The van der Waals surface area contributed by atoms with Crippen LogP contribution in [0.15, 0.2) is 0 Å². The van der Waals surface area contributed by atoms with Gasteiger partial charge in [-0.1, -0.05) is 71.1 Å². The maximum Gasteiger partial charge on any atom is 0.267 e. The Morgan fingerprint density at radius 1 is 0.846 bits per heavy atom. The van der Waals surface area contributed by atoms with Crippen molar-refractivity contribution in [3.05, 3.63) is 0 Å². The number of methoxy groups -OCH3 is 1. The van der Waals surface area contributed by atoms with E-state index in [1.807, 2.05) is 0 Å². The van der Waals surface area contributed by atoms with E-state index in [0.717, 1.165) is 13.0 Å². The second-order valence-electron chi connectivity index (χ2n) is 8.34. The molecule has 0 saturated heterocycles. The zero-order valence-electron chi connectivity index (χ0n) is 17.7. The summed E-state index contributed by atoms with van der Waals surface area (Å²) in [5.74, 6) is -0.330. The summed E-state index contributed by atoms with van der Waals surface area (Å²) < 4.78 is 37.0. The van der Waals surface area contributed by atoms with E-state index in [4.69, 9.17) is 9.29 Å². The molecule has 0 amide bonds. The molecule has 0 heterocycles. The van der Waals surface area contributed by atoms with Gasteiger partial charge in [0.1, 0.15) is 18.4 Å². The van der Waals surface area contributed by atoms with E-state index in [2.05, 4.69) is 21.0 Å². The highest BCUT2D eigenvalue weighted by Gasteiger charge is 2.25. The maximum atomic E-state index is 11.0. The van der Waals surface area contributed by atoms with E-state index in [-0.39, 0.29) is 5.75 Å². The minimum Gasteiger partial charge on any atom is -0.374 e. The number of ether oxygens (including phenoxy) is 1. The highest BCUT2D eigenvalue weighted by molar-refractivity contribution is 7.85. The van der Waals surface area contributed by atoms with Crippen molar-refractivity contribution < 1.29 is 22.2 Å². The Morgan fingerprint density at radius 2 is 1.27 bits per heavy atom. The Labute approximate surface area is 162 Å². The third-order valence-electron chi connectivity index (χ3n) is 5.04. The molecule has 0 aliphatic rings. The topological polar surface area (TPSA) is 63.6 Å². The summed E-state index contributed by atoms with van der Waals surface area (Å²) in [7, 11) is 1.69. The lowest BCUT2D eigenvalue weighted by molar-refractivity contribution is -0.893. The first kappa shape index (κ1) is 25.8. The number of nitrogens with zero attached hydrogens (tertiary/aromatic N) is 1. The molecule has 0 aromatic rings. The van der Waals surface area contributed by atoms with Crippen LogP contribution in [0, 0.1) is 0 Å². The van der Waals surface area contributed by atoms with E-state index < -0.39 is 16.2 Å². The predicted octanol–water partition coefficient (Wildman–Crippen LogP) is 4.67. The molecule has 6 heteroatoms. The minimum atomic E-state index is -3.99. The molecule has 1 unspecified atom stereocenters. The molecule has 0 aromatic carbocycles. The van der Waals surface area contributed by atoms with Crippen LogP contribution in [0.25, 0.3) is 0 Å². The van der Waals surface area contributed by atoms with Crippen molar-refractivity contribution in [1.29, 1.82) is 0 Å². The summed E-state index contributed by atoms with van der Waals surface area (Å²) in [5, 5.41) is 0. The van der Waals surface area contributed by atoms with Crippen LogP contribution in [0.5, 0.6) is 0 Å². The van der Waals surface area contributed by atoms with Gasteiger partial charge < -0.3 is 9.22 Å². The van der Waals surface area contributed by atoms with Gasteiger partial charge in [-0.3, -0.25) is 4.55 Å². The molecule has 0 rings (SSSR count). The van der Waals surface area contributed by atoms with Crippen LogP contribution < -0.4 is 0 Å². The van der Waals surface area contributed by atoms with Crippen molar-refractivity contribution >= 4 is 10.1 Å². The second-order valence-corrected chi connectivity index (χ2v) is 9.83. The fraction of sp³-hybridized carbons (Fsp3) is 1.00. The van der Waals surface area contributed by atoms with Gasteiger partial charge in [0, 0.05) is 7.11 Å². The van der Waals surface area contributed by atoms with Crippen molar-refractivity contribution in [1.82, 2.24) is 0 Å². The van der Waals surface area contributed by atoms with Crippen LogP contribution in [0.1, 0.15) is 84.0 Å². The Balaban J connectivity index is 3.66. The van der Waals surface area contributed by atoms with Gasteiger partial charge in [-0.05, 0) is 12.8 Å². The highest BCUT2D eigenvalue weighted by atomic mass is 32.2. The summed E-state index contributed by atoms with van der Waals surface area (Å²) >= 11 is 0. The quantitative estimate of drug-likeness (QED) is 0.208. The van der Waals surface area contributed by atoms with Gasteiger partial charge in [0.05, 0.1) is 20.6 Å². The molecular weight excluding hydrogens is 350 g/mol. The number of quaternary nitrogens is 1. The molecule has 5 nitrogen and oxygen atoms in total. The van der Waals surface area contributed by atoms with E-state index in [9.17, 15) is 8.42 Å². The second kappa shape index (κ2) is 14.8. The Kier molecular flexibility index (Phi) is 14.7. The molecule has 1 atom stereocenters. The molecule has 0 aromatic heterocycles. The third-order valence-corrected chi connectivity index (χ3v) is 5.84. The number of hydrogen-bond donors (Lipinski definition) is 1. The van der Waals surface area contributed by atoms with E-state index >= 15 is 0 Å². The van der Waals surface area contributed by atoms with E-state index in [0.29, 0.717) is 11.0 Å².